The molecule has 6 heteroatoms. The molecular weight excluding hydrogens is 332 g/mol. The van der Waals surface area contributed by atoms with E-state index in [0.717, 1.165) is 12.0 Å². The molecule has 0 aliphatic carbocycles. The first kappa shape index (κ1) is 16.2. The van der Waals surface area contributed by atoms with Gasteiger partial charge in [0.25, 0.3) is 0 Å². The average molecular weight is 349 g/mol. The largest absolute Gasteiger partial charge is 0.255 e. The second kappa shape index (κ2) is 6.07. The minimum absolute atomic E-state index is 0.255. The van der Waals surface area contributed by atoms with E-state index in [1.54, 1.807) is 42.6 Å². The molecule has 3 rings (SSSR count). The van der Waals surface area contributed by atoms with Gasteiger partial charge in [0.05, 0.1) is 21.7 Å². The lowest BCUT2D eigenvalue weighted by molar-refractivity contribution is 0.251. The Balaban J connectivity index is 1.85. The Kier molecular flexibility index (Phi) is 4.27. The van der Waals surface area contributed by atoms with E-state index < -0.39 is 10.0 Å². The molecule has 1 saturated heterocycles. The molecule has 0 amide bonds. The van der Waals surface area contributed by atoms with E-state index >= 15 is 0 Å². The van der Waals surface area contributed by atoms with Crippen LogP contribution in [0.4, 0.5) is 0 Å². The number of sulfonamides is 1. The van der Waals surface area contributed by atoms with Crippen LogP contribution < -0.4 is 0 Å². The zero-order valence-electron chi connectivity index (χ0n) is 12.7. The van der Waals surface area contributed by atoms with Crippen LogP contribution in [0.1, 0.15) is 17.7 Å². The van der Waals surface area contributed by atoms with Gasteiger partial charge in [0.15, 0.2) is 0 Å². The number of benzene rings is 1. The third-order valence-corrected chi connectivity index (χ3v) is 6.20. The molecule has 1 aliphatic heterocycles. The molecule has 23 heavy (non-hydrogen) atoms. The average Bonchev–Trinajstić information content (AvgIpc) is 2.46. The Morgan fingerprint density at radius 1 is 1.26 bits per heavy atom. The standard InChI is InChI=1S/C17H17ClN2O2S/c1-12-3-6-15(7-4-12)23(21,22)20-10-9-17(20)13(2)16-8-5-14(18)11-19-16/h3-8,11,17H,2,9-10H2,1H3. The SMILES string of the molecule is C=C(c1ccc(Cl)cn1)C1CCN1S(=O)(=O)c1ccc(C)cc1. The highest BCUT2D eigenvalue weighted by Gasteiger charge is 2.40. The van der Waals surface area contributed by atoms with Crippen molar-refractivity contribution in [3.8, 4) is 0 Å². The van der Waals surface area contributed by atoms with E-state index in [1.165, 1.54) is 4.31 Å². The Bertz CT molecular complexity index is 830. The first-order valence-electron chi connectivity index (χ1n) is 7.29. The number of halogens is 1. The summed E-state index contributed by atoms with van der Waals surface area (Å²) in [5.74, 6) is 0. The van der Waals surface area contributed by atoms with Gasteiger partial charge >= 0.3 is 0 Å². The zero-order chi connectivity index (χ0) is 16.6. The number of hydrogen-bond acceptors (Lipinski definition) is 3. The van der Waals surface area contributed by atoms with Gasteiger partial charge in [0, 0.05) is 12.7 Å². The lowest BCUT2D eigenvalue weighted by Crippen LogP contribution is -2.51. The number of aromatic nitrogens is 1. The summed E-state index contributed by atoms with van der Waals surface area (Å²) in [4.78, 5) is 4.54. The second-order valence-electron chi connectivity index (χ2n) is 5.62. The van der Waals surface area contributed by atoms with E-state index in [9.17, 15) is 8.42 Å². The van der Waals surface area contributed by atoms with Gasteiger partial charge in [-0.25, -0.2) is 8.42 Å². The van der Waals surface area contributed by atoms with Crippen LogP contribution in [0.2, 0.25) is 5.02 Å². The summed E-state index contributed by atoms with van der Waals surface area (Å²) in [5, 5.41) is 0.541. The molecular formula is C17H17ClN2O2S. The molecule has 0 bridgehead atoms. The quantitative estimate of drug-likeness (QED) is 0.849. The van der Waals surface area contributed by atoms with E-state index in [0.29, 0.717) is 27.7 Å². The fourth-order valence-corrected chi connectivity index (χ4v) is 4.36. The molecule has 1 aromatic carbocycles. The third kappa shape index (κ3) is 3.04. The molecule has 0 spiro atoms. The highest BCUT2D eigenvalue weighted by Crippen LogP contribution is 2.34. The molecule has 1 fully saturated rings. The fourth-order valence-electron chi connectivity index (χ4n) is 2.58. The van der Waals surface area contributed by atoms with Crippen LogP contribution in [0.5, 0.6) is 0 Å². The summed E-state index contributed by atoms with van der Waals surface area (Å²) in [6.07, 6.45) is 2.29. The molecule has 1 atom stereocenters. The van der Waals surface area contributed by atoms with Gasteiger partial charge in [-0.1, -0.05) is 35.9 Å². The third-order valence-electron chi connectivity index (χ3n) is 4.06. The molecule has 120 valence electrons. The Labute approximate surface area is 141 Å². The number of nitrogens with zero attached hydrogens (tertiary/aromatic N) is 2. The number of pyridine rings is 1. The van der Waals surface area contributed by atoms with Crippen LogP contribution in [0.3, 0.4) is 0 Å². The van der Waals surface area contributed by atoms with Crippen molar-refractivity contribution >= 4 is 27.2 Å². The van der Waals surface area contributed by atoms with Crippen LogP contribution in [-0.4, -0.2) is 30.3 Å². The van der Waals surface area contributed by atoms with Crippen molar-refractivity contribution in [2.24, 2.45) is 0 Å². The van der Waals surface area contributed by atoms with Crippen molar-refractivity contribution in [1.29, 1.82) is 0 Å². The van der Waals surface area contributed by atoms with E-state index in [2.05, 4.69) is 11.6 Å². The van der Waals surface area contributed by atoms with Crippen molar-refractivity contribution in [3.05, 3.63) is 65.5 Å². The van der Waals surface area contributed by atoms with Gasteiger partial charge in [-0.2, -0.15) is 4.31 Å². The van der Waals surface area contributed by atoms with Crippen LogP contribution in [0, 0.1) is 6.92 Å². The second-order valence-corrected chi connectivity index (χ2v) is 7.95. The van der Waals surface area contributed by atoms with Gasteiger partial charge in [-0.3, -0.25) is 4.98 Å². The summed E-state index contributed by atoms with van der Waals surface area (Å²) in [6, 6.07) is 10.1. The number of aryl methyl sites for hydroxylation is 1. The molecule has 0 N–H and O–H groups in total. The maximum atomic E-state index is 12.8. The highest BCUT2D eigenvalue weighted by atomic mass is 35.5. The smallest absolute Gasteiger partial charge is 0.243 e. The zero-order valence-corrected chi connectivity index (χ0v) is 14.3. The molecule has 1 unspecified atom stereocenters. The number of rotatable bonds is 4. The normalized spacial score (nSPS) is 18.4. The van der Waals surface area contributed by atoms with Crippen LogP contribution in [-0.2, 0) is 10.0 Å². The predicted octanol–water partition coefficient (Wildman–Crippen LogP) is 3.52. The molecule has 4 nitrogen and oxygen atoms in total. The molecule has 2 heterocycles. The minimum Gasteiger partial charge on any atom is -0.255 e. The van der Waals surface area contributed by atoms with Gasteiger partial charge < -0.3 is 0 Å². The van der Waals surface area contributed by atoms with Gasteiger partial charge in [-0.15, -0.1) is 0 Å². The van der Waals surface area contributed by atoms with Crippen molar-refractivity contribution in [2.75, 3.05) is 6.54 Å². The van der Waals surface area contributed by atoms with Gasteiger partial charge in [-0.05, 0) is 43.2 Å². The van der Waals surface area contributed by atoms with E-state index in [4.69, 9.17) is 11.6 Å². The summed E-state index contributed by atoms with van der Waals surface area (Å²) >= 11 is 5.84. The molecule has 0 saturated carbocycles. The van der Waals surface area contributed by atoms with Crippen molar-refractivity contribution in [3.63, 3.8) is 0 Å². The summed E-state index contributed by atoms with van der Waals surface area (Å²) in [5.41, 5.74) is 2.39. The van der Waals surface area contributed by atoms with Crippen molar-refractivity contribution < 1.29 is 8.42 Å². The Morgan fingerprint density at radius 3 is 2.48 bits per heavy atom. The first-order chi connectivity index (χ1) is 10.9. The Hall–Kier alpha value is -1.69. The molecule has 0 radical (unpaired) electrons. The van der Waals surface area contributed by atoms with Gasteiger partial charge in [0.1, 0.15) is 0 Å². The number of hydrogen-bond donors (Lipinski definition) is 0. The van der Waals surface area contributed by atoms with Crippen LogP contribution >= 0.6 is 11.6 Å². The minimum atomic E-state index is -3.51. The predicted molar refractivity (Wildman–Crippen MR) is 91.8 cm³/mol. The maximum absolute atomic E-state index is 12.8. The van der Waals surface area contributed by atoms with Crippen LogP contribution in [0.25, 0.3) is 5.57 Å². The lowest BCUT2D eigenvalue weighted by atomic mass is 9.96. The summed E-state index contributed by atoms with van der Waals surface area (Å²) in [7, 11) is -3.51. The highest BCUT2D eigenvalue weighted by molar-refractivity contribution is 7.89. The van der Waals surface area contributed by atoms with E-state index in [-0.39, 0.29) is 6.04 Å². The molecule has 1 aromatic heterocycles. The molecule has 2 aromatic rings. The summed E-state index contributed by atoms with van der Waals surface area (Å²) < 4.78 is 27.0. The van der Waals surface area contributed by atoms with Gasteiger partial charge in [0.2, 0.25) is 10.0 Å². The topological polar surface area (TPSA) is 50.3 Å². The van der Waals surface area contributed by atoms with Crippen LogP contribution in [0.15, 0.2) is 54.1 Å². The summed E-state index contributed by atoms with van der Waals surface area (Å²) in [6.45, 7) is 6.46. The molecule has 1 aliphatic rings. The fraction of sp³-hybridized carbons (Fsp3) is 0.235. The first-order valence-corrected chi connectivity index (χ1v) is 9.10. The Morgan fingerprint density at radius 2 is 1.96 bits per heavy atom. The maximum Gasteiger partial charge on any atom is 0.243 e. The lowest BCUT2D eigenvalue weighted by Gasteiger charge is -2.40. The monoisotopic (exact) mass is 348 g/mol. The van der Waals surface area contributed by atoms with Crippen molar-refractivity contribution in [1.82, 2.24) is 9.29 Å². The van der Waals surface area contributed by atoms with E-state index in [1.807, 2.05) is 6.92 Å². The van der Waals surface area contributed by atoms with Crippen molar-refractivity contribution in [2.45, 2.75) is 24.3 Å².